The van der Waals surface area contributed by atoms with Gasteiger partial charge in [0.1, 0.15) is 6.61 Å². The molecule has 0 aliphatic heterocycles. The molecule has 164 valence electrons. The van der Waals surface area contributed by atoms with Gasteiger partial charge in [0.15, 0.2) is 11.5 Å². The Hall–Kier alpha value is -3.84. The molecule has 0 spiro atoms. The van der Waals surface area contributed by atoms with Crippen molar-refractivity contribution in [3.63, 3.8) is 0 Å². The standard InChI is InChI=1S/C24H20ClNO6/c1-30-21-5-3-4-17(13-26-18-10-11-19(20(25)12-18)24(29)31-2)22(21)32-14-15-6-8-16(9-7-15)23(27)28/h3-13H,14H2,1-2H3,(H,27,28). The van der Waals surface area contributed by atoms with E-state index in [0.717, 1.165) is 5.56 Å². The number of rotatable bonds is 8. The van der Waals surface area contributed by atoms with Crippen molar-refractivity contribution in [3.05, 3.63) is 87.9 Å². The van der Waals surface area contributed by atoms with Crippen LogP contribution in [-0.4, -0.2) is 37.5 Å². The Labute approximate surface area is 189 Å². The highest BCUT2D eigenvalue weighted by Crippen LogP contribution is 2.31. The third kappa shape index (κ3) is 5.44. The lowest BCUT2D eigenvalue weighted by molar-refractivity contribution is 0.0600. The lowest BCUT2D eigenvalue weighted by Gasteiger charge is -2.13. The quantitative estimate of drug-likeness (QED) is 0.374. The summed E-state index contributed by atoms with van der Waals surface area (Å²) in [5, 5.41) is 9.25. The Balaban J connectivity index is 1.82. The number of hydrogen-bond acceptors (Lipinski definition) is 6. The predicted molar refractivity (Wildman–Crippen MR) is 121 cm³/mol. The minimum absolute atomic E-state index is 0.204. The first-order valence-corrected chi connectivity index (χ1v) is 9.84. The number of carbonyl (C=O) groups excluding carboxylic acids is 1. The minimum Gasteiger partial charge on any atom is -0.493 e. The summed E-state index contributed by atoms with van der Waals surface area (Å²) in [5.41, 5.74) is 2.47. The summed E-state index contributed by atoms with van der Waals surface area (Å²) in [5.74, 6) is -0.501. The van der Waals surface area contributed by atoms with Gasteiger partial charge in [-0.25, -0.2) is 9.59 Å². The number of para-hydroxylation sites is 1. The van der Waals surface area contributed by atoms with Gasteiger partial charge in [0, 0.05) is 11.8 Å². The van der Waals surface area contributed by atoms with Crippen molar-refractivity contribution in [1.82, 2.24) is 0 Å². The van der Waals surface area contributed by atoms with Crippen molar-refractivity contribution >= 4 is 35.4 Å². The average Bonchev–Trinajstić information content (AvgIpc) is 2.81. The lowest BCUT2D eigenvalue weighted by Crippen LogP contribution is -2.02. The van der Waals surface area contributed by atoms with Crippen LogP contribution in [0.2, 0.25) is 5.02 Å². The number of carbonyl (C=O) groups is 2. The number of methoxy groups -OCH3 is 2. The van der Waals surface area contributed by atoms with Crippen LogP contribution in [0.4, 0.5) is 5.69 Å². The fraction of sp³-hybridized carbons (Fsp3) is 0.125. The molecule has 0 saturated heterocycles. The normalized spacial score (nSPS) is 10.7. The molecule has 0 saturated carbocycles. The van der Waals surface area contributed by atoms with Crippen molar-refractivity contribution in [2.45, 2.75) is 6.61 Å². The second-order valence-electron chi connectivity index (χ2n) is 6.58. The summed E-state index contributed by atoms with van der Waals surface area (Å²) in [6.07, 6.45) is 1.61. The largest absolute Gasteiger partial charge is 0.493 e. The summed E-state index contributed by atoms with van der Waals surface area (Å²) in [6.45, 7) is 0.209. The molecule has 0 amide bonds. The van der Waals surface area contributed by atoms with Gasteiger partial charge < -0.3 is 19.3 Å². The highest BCUT2D eigenvalue weighted by atomic mass is 35.5. The van der Waals surface area contributed by atoms with Crippen molar-refractivity contribution in [2.24, 2.45) is 4.99 Å². The van der Waals surface area contributed by atoms with E-state index in [0.29, 0.717) is 22.7 Å². The van der Waals surface area contributed by atoms with Gasteiger partial charge >= 0.3 is 11.9 Å². The molecule has 0 radical (unpaired) electrons. The number of benzene rings is 3. The molecule has 0 aliphatic carbocycles. The average molecular weight is 454 g/mol. The molecule has 8 heteroatoms. The van der Waals surface area contributed by atoms with Gasteiger partial charge in [0.05, 0.1) is 36.1 Å². The van der Waals surface area contributed by atoms with Crippen LogP contribution in [0.15, 0.2) is 65.7 Å². The number of carboxylic acids is 1. The Morgan fingerprint density at radius 2 is 1.81 bits per heavy atom. The van der Waals surface area contributed by atoms with Crippen LogP contribution >= 0.6 is 11.6 Å². The fourth-order valence-corrected chi connectivity index (χ4v) is 3.10. The molecular weight excluding hydrogens is 434 g/mol. The Bertz CT molecular complexity index is 1160. The van der Waals surface area contributed by atoms with Crippen molar-refractivity contribution in [1.29, 1.82) is 0 Å². The van der Waals surface area contributed by atoms with Gasteiger partial charge in [-0.3, -0.25) is 4.99 Å². The van der Waals surface area contributed by atoms with Crippen molar-refractivity contribution in [2.75, 3.05) is 14.2 Å². The van der Waals surface area contributed by atoms with Crippen LogP contribution in [-0.2, 0) is 11.3 Å². The van der Waals surface area contributed by atoms with E-state index >= 15 is 0 Å². The number of hydrogen-bond donors (Lipinski definition) is 1. The highest BCUT2D eigenvalue weighted by molar-refractivity contribution is 6.33. The molecule has 0 unspecified atom stereocenters. The molecule has 1 N–H and O–H groups in total. The maximum absolute atomic E-state index is 11.7. The molecule has 0 aromatic heterocycles. The van der Waals surface area contributed by atoms with Gasteiger partial charge in [-0.1, -0.05) is 29.8 Å². The van der Waals surface area contributed by atoms with Crippen LogP contribution < -0.4 is 9.47 Å². The number of aromatic carboxylic acids is 1. The van der Waals surface area contributed by atoms with Gasteiger partial charge in [-0.05, 0) is 48.0 Å². The van der Waals surface area contributed by atoms with Crippen molar-refractivity contribution < 1.29 is 28.9 Å². The van der Waals surface area contributed by atoms with Crippen LogP contribution in [0.5, 0.6) is 11.5 Å². The summed E-state index contributed by atoms with van der Waals surface area (Å²) in [6, 6.07) is 16.6. The molecule has 0 fully saturated rings. The Kier molecular flexibility index (Phi) is 7.46. The van der Waals surface area contributed by atoms with Gasteiger partial charge in [-0.2, -0.15) is 0 Å². The summed E-state index contributed by atoms with van der Waals surface area (Å²) in [4.78, 5) is 27.1. The van der Waals surface area contributed by atoms with Crippen LogP contribution in [0.25, 0.3) is 0 Å². The first-order chi connectivity index (χ1) is 15.4. The van der Waals surface area contributed by atoms with E-state index in [1.807, 2.05) is 12.1 Å². The van der Waals surface area contributed by atoms with E-state index < -0.39 is 11.9 Å². The van der Waals surface area contributed by atoms with E-state index in [2.05, 4.69) is 9.73 Å². The van der Waals surface area contributed by atoms with E-state index in [1.54, 1.807) is 42.6 Å². The zero-order valence-electron chi connectivity index (χ0n) is 17.4. The van der Waals surface area contributed by atoms with Gasteiger partial charge in [-0.15, -0.1) is 0 Å². The molecule has 3 aromatic carbocycles. The van der Waals surface area contributed by atoms with E-state index in [4.69, 9.17) is 26.2 Å². The Morgan fingerprint density at radius 1 is 1.06 bits per heavy atom. The van der Waals surface area contributed by atoms with E-state index in [-0.39, 0.29) is 22.8 Å². The van der Waals surface area contributed by atoms with Crippen LogP contribution in [0, 0.1) is 0 Å². The monoisotopic (exact) mass is 453 g/mol. The highest BCUT2D eigenvalue weighted by Gasteiger charge is 2.12. The SMILES string of the molecule is COC(=O)c1ccc(N=Cc2cccc(OC)c2OCc2ccc(C(=O)O)cc2)cc1Cl. The first-order valence-electron chi connectivity index (χ1n) is 9.47. The molecule has 3 aromatic rings. The number of halogens is 1. The second kappa shape index (κ2) is 10.5. The molecule has 0 heterocycles. The fourth-order valence-electron chi connectivity index (χ4n) is 2.85. The zero-order chi connectivity index (χ0) is 23.1. The first kappa shape index (κ1) is 22.8. The number of carboxylic acid groups (broad SMARTS) is 1. The molecule has 7 nitrogen and oxygen atoms in total. The molecule has 32 heavy (non-hydrogen) atoms. The predicted octanol–water partition coefficient (Wildman–Crippen LogP) is 5.16. The maximum atomic E-state index is 11.7. The topological polar surface area (TPSA) is 94.4 Å². The van der Waals surface area contributed by atoms with Gasteiger partial charge in [0.2, 0.25) is 0 Å². The van der Waals surface area contributed by atoms with Crippen molar-refractivity contribution in [3.8, 4) is 11.5 Å². The molecule has 0 atom stereocenters. The number of ether oxygens (including phenoxy) is 3. The summed E-state index contributed by atoms with van der Waals surface area (Å²) >= 11 is 6.16. The molecule has 0 aliphatic rings. The third-order valence-corrected chi connectivity index (χ3v) is 4.84. The number of nitrogens with zero attached hydrogens (tertiary/aromatic N) is 1. The van der Waals surface area contributed by atoms with E-state index in [9.17, 15) is 9.59 Å². The number of aliphatic imine (C=N–C) groups is 1. The smallest absolute Gasteiger partial charge is 0.339 e. The molecule has 3 rings (SSSR count). The molecular formula is C24H20ClNO6. The second-order valence-corrected chi connectivity index (χ2v) is 6.99. The minimum atomic E-state index is -0.986. The van der Waals surface area contributed by atoms with Crippen LogP contribution in [0.3, 0.4) is 0 Å². The number of esters is 1. The van der Waals surface area contributed by atoms with E-state index in [1.165, 1.54) is 26.4 Å². The zero-order valence-corrected chi connectivity index (χ0v) is 18.1. The maximum Gasteiger partial charge on any atom is 0.339 e. The molecule has 0 bridgehead atoms. The lowest BCUT2D eigenvalue weighted by atomic mass is 10.1. The Morgan fingerprint density at radius 3 is 2.44 bits per heavy atom. The van der Waals surface area contributed by atoms with Gasteiger partial charge in [0.25, 0.3) is 0 Å². The third-order valence-electron chi connectivity index (χ3n) is 4.52. The summed E-state index contributed by atoms with van der Waals surface area (Å²) < 4.78 is 16.1. The summed E-state index contributed by atoms with van der Waals surface area (Å²) in [7, 11) is 2.83. The van der Waals surface area contributed by atoms with Crippen LogP contribution in [0.1, 0.15) is 31.8 Å².